The summed E-state index contributed by atoms with van der Waals surface area (Å²) < 4.78 is 28.8. The number of nitrogens with one attached hydrogen (secondary N) is 1. The molecule has 0 aliphatic carbocycles. The molecular weight excluding hydrogens is 238 g/mol. The zero-order chi connectivity index (χ0) is 11.6. The molecule has 0 unspecified atom stereocenters. The van der Waals surface area contributed by atoms with Gasteiger partial charge in [-0.2, -0.15) is 0 Å². The lowest BCUT2D eigenvalue weighted by Gasteiger charge is -2.03. The molecule has 0 aliphatic rings. The van der Waals surface area contributed by atoms with E-state index in [9.17, 15) is 13.2 Å². The van der Waals surface area contributed by atoms with E-state index in [1.54, 1.807) is 13.0 Å². The molecule has 0 spiro atoms. The van der Waals surface area contributed by atoms with Gasteiger partial charge in [-0.3, -0.25) is 4.72 Å². The minimum atomic E-state index is -3.38. The number of hydrogen-bond acceptors (Lipinski definition) is 5. The fraction of sp³-hybridized carbons (Fsp3) is 0.375. The number of ether oxygens (including phenoxy) is 1. The molecule has 15 heavy (non-hydrogen) atoms. The number of thiophene rings is 1. The van der Waals surface area contributed by atoms with E-state index >= 15 is 0 Å². The maximum Gasteiger partial charge on any atom is 0.350 e. The summed E-state index contributed by atoms with van der Waals surface area (Å²) in [4.78, 5) is 12.4. The van der Waals surface area contributed by atoms with Gasteiger partial charge in [-0.1, -0.05) is 0 Å². The largest absolute Gasteiger partial charge is 0.465 e. The first-order valence-electron chi connectivity index (χ1n) is 4.00. The molecule has 0 bridgehead atoms. The van der Waals surface area contributed by atoms with E-state index in [-0.39, 0.29) is 10.6 Å². The summed E-state index contributed by atoms with van der Waals surface area (Å²) in [5, 5.41) is 0. The van der Waals surface area contributed by atoms with Crippen molar-refractivity contribution < 1.29 is 17.9 Å². The van der Waals surface area contributed by atoms with Crippen LogP contribution in [0.5, 0.6) is 0 Å². The van der Waals surface area contributed by atoms with Gasteiger partial charge in [-0.15, -0.1) is 11.3 Å². The topological polar surface area (TPSA) is 72.5 Å². The molecule has 1 heterocycles. The molecule has 1 N–H and O–H groups in total. The molecule has 7 heteroatoms. The maximum atomic E-state index is 11.3. The van der Waals surface area contributed by atoms with Gasteiger partial charge in [0, 0.05) is 4.88 Å². The summed E-state index contributed by atoms with van der Waals surface area (Å²) in [5.41, 5.74) is 0.270. The lowest BCUT2D eigenvalue weighted by Crippen LogP contribution is -2.12. The highest BCUT2D eigenvalue weighted by molar-refractivity contribution is 7.92. The number of hydrogen-bond donors (Lipinski definition) is 1. The Hall–Kier alpha value is -1.08. The minimum Gasteiger partial charge on any atom is -0.465 e. The molecule has 84 valence electrons. The third kappa shape index (κ3) is 3.21. The SMILES string of the molecule is COC(=O)c1sc(C)cc1NS(C)(=O)=O. The van der Waals surface area contributed by atoms with E-state index in [4.69, 9.17) is 0 Å². The van der Waals surface area contributed by atoms with Gasteiger partial charge in [-0.05, 0) is 13.0 Å². The summed E-state index contributed by atoms with van der Waals surface area (Å²) in [6.07, 6.45) is 1.03. The van der Waals surface area contributed by atoms with Crippen LogP contribution in [0.25, 0.3) is 0 Å². The first-order chi connectivity index (χ1) is 6.83. The van der Waals surface area contributed by atoms with E-state index in [0.717, 1.165) is 11.1 Å². The smallest absolute Gasteiger partial charge is 0.350 e. The Balaban J connectivity index is 3.12. The summed E-state index contributed by atoms with van der Waals surface area (Å²) in [7, 11) is -2.13. The molecule has 0 radical (unpaired) electrons. The van der Waals surface area contributed by atoms with Crippen LogP contribution in [0.1, 0.15) is 14.5 Å². The van der Waals surface area contributed by atoms with Crippen LogP contribution in [0.15, 0.2) is 6.07 Å². The van der Waals surface area contributed by atoms with Crippen molar-refractivity contribution in [2.24, 2.45) is 0 Å². The Bertz CT molecular complexity index is 475. The maximum absolute atomic E-state index is 11.3. The molecule has 0 saturated heterocycles. The van der Waals surface area contributed by atoms with Crippen LogP contribution in [0.4, 0.5) is 5.69 Å². The lowest BCUT2D eigenvalue weighted by atomic mass is 10.4. The first-order valence-corrected chi connectivity index (χ1v) is 6.71. The molecule has 0 atom stereocenters. The highest BCUT2D eigenvalue weighted by Gasteiger charge is 2.17. The standard InChI is InChI=1S/C8H11NO4S2/c1-5-4-6(9-15(3,11)12)7(14-5)8(10)13-2/h4,9H,1-3H3. The summed E-state index contributed by atoms with van der Waals surface area (Å²) in [6.45, 7) is 1.78. The summed E-state index contributed by atoms with van der Waals surface area (Å²) in [6, 6.07) is 1.60. The molecule has 0 aliphatic heterocycles. The van der Waals surface area contributed by atoms with Crippen LogP contribution in [-0.4, -0.2) is 27.8 Å². The molecule has 0 amide bonds. The zero-order valence-electron chi connectivity index (χ0n) is 8.53. The normalized spacial score (nSPS) is 11.1. The van der Waals surface area contributed by atoms with Crippen LogP contribution in [0.3, 0.4) is 0 Å². The van der Waals surface area contributed by atoms with Crippen LogP contribution >= 0.6 is 11.3 Å². The summed E-state index contributed by atoms with van der Waals surface area (Å²) >= 11 is 1.19. The predicted octanol–water partition coefficient (Wildman–Crippen LogP) is 1.21. The predicted molar refractivity (Wildman–Crippen MR) is 58.9 cm³/mol. The second-order valence-electron chi connectivity index (χ2n) is 2.97. The second-order valence-corrected chi connectivity index (χ2v) is 5.97. The fourth-order valence-electron chi connectivity index (χ4n) is 1.03. The van der Waals surface area contributed by atoms with Crippen molar-refractivity contribution in [1.29, 1.82) is 0 Å². The van der Waals surface area contributed by atoms with Crippen LogP contribution < -0.4 is 4.72 Å². The Morgan fingerprint density at radius 2 is 2.13 bits per heavy atom. The third-order valence-electron chi connectivity index (χ3n) is 1.52. The van der Waals surface area contributed by atoms with E-state index in [1.165, 1.54) is 18.4 Å². The van der Waals surface area contributed by atoms with Gasteiger partial charge in [0.1, 0.15) is 4.88 Å². The van der Waals surface area contributed by atoms with E-state index in [2.05, 4.69) is 9.46 Å². The van der Waals surface area contributed by atoms with Crippen LogP contribution in [0, 0.1) is 6.92 Å². The van der Waals surface area contributed by atoms with Gasteiger partial charge >= 0.3 is 5.97 Å². The highest BCUT2D eigenvalue weighted by Crippen LogP contribution is 2.27. The number of sulfonamides is 1. The molecular formula is C8H11NO4S2. The van der Waals surface area contributed by atoms with Crippen molar-refractivity contribution >= 4 is 33.0 Å². The second kappa shape index (κ2) is 4.19. The highest BCUT2D eigenvalue weighted by atomic mass is 32.2. The molecule has 1 aromatic heterocycles. The van der Waals surface area contributed by atoms with Crippen LogP contribution in [-0.2, 0) is 14.8 Å². The van der Waals surface area contributed by atoms with E-state index < -0.39 is 16.0 Å². The fourth-order valence-corrected chi connectivity index (χ4v) is 2.54. The number of anilines is 1. The lowest BCUT2D eigenvalue weighted by molar-refractivity contribution is 0.0607. The Kier molecular flexibility index (Phi) is 3.35. The van der Waals surface area contributed by atoms with Gasteiger partial charge in [-0.25, -0.2) is 13.2 Å². The monoisotopic (exact) mass is 249 g/mol. The van der Waals surface area contributed by atoms with Crippen molar-refractivity contribution in [1.82, 2.24) is 0 Å². The molecule has 0 saturated carbocycles. The molecule has 1 aromatic rings. The number of carbonyl (C=O) groups excluding carboxylic acids is 1. The van der Waals surface area contributed by atoms with Crippen molar-refractivity contribution in [2.75, 3.05) is 18.1 Å². The average Bonchev–Trinajstić information content (AvgIpc) is 2.42. The minimum absolute atomic E-state index is 0.264. The zero-order valence-corrected chi connectivity index (χ0v) is 10.2. The van der Waals surface area contributed by atoms with Gasteiger partial charge in [0.15, 0.2) is 0 Å². The van der Waals surface area contributed by atoms with Crippen LogP contribution in [0.2, 0.25) is 0 Å². The van der Waals surface area contributed by atoms with Crippen molar-refractivity contribution in [3.63, 3.8) is 0 Å². The quantitative estimate of drug-likeness (QED) is 0.817. The molecule has 1 rings (SSSR count). The molecule has 0 fully saturated rings. The number of esters is 1. The summed E-state index contributed by atoms with van der Waals surface area (Å²) in [5.74, 6) is -0.542. The van der Waals surface area contributed by atoms with Crippen molar-refractivity contribution in [3.8, 4) is 0 Å². The Labute approximate surface area is 92.1 Å². The third-order valence-corrected chi connectivity index (χ3v) is 3.14. The van der Waals surface area contributed by atoms with Gasteiger partial charge < -0.3 is 4.74 Å². The Morgan fingerprint density at radius 1 is 1.53 bits per heavy atom. The Morgan fingerprint density at radius 3 is 2.60 bits per heavy atom. The molecule has 5 nitrogen and oxygen atoms in total. The first kappa shape index (κ1) is 12.0. The van der Waals surface area contributed by atoms with Crippen molar-refractivity contribution in [2.45, 2.75) is 6.92 Å². The van der Waals surface area contributed by atoms with Gasteiger partial charge in [0.05, 0.1) is 19.1 Å². The van der Waals surface area contributed by atoms with Gasteiger partial charge in [0.25, 0.3) is 0 Å². The number of rotatable bonds is 3. The number of methoxy groups -OCH3 is 1. The van der Waals surface area contributed by atoms with E-state index in [1.807, 2.05) is 0 Å². The number of aryl methyl sites for hydroxylation is 1. The van der Waals surface area contributed by atoms with E-state index in [0.29, 0.717) is 0 Å². The molecule has 0 aromatic carbocycles. The van der Waals surface area contributed by atoms with Crippen molar-refractivity contribution in [3.05, 3.63) is 15.8 Å². The number of carbonyl (C=O) groups is 1. The average molecular weight is 249 g/mol. The van der Waals surface area contributed by atoms with Gasteiger partial charge in [0.2, 0.25) is 10.0 Å².